The molecule has 1 aliphatic rings. The highest BCUT2D eigenvalue weighted by molar-refractivity contribution is 6.10. The molecule has 1 aliphatic heterocycles. The Bertz CT molecular complexity index is 1500. The fourth-order valence-electron chi connectivity index (χ4n) is 4.32. The van der Waals surface area contributed by atoms with Crippen molar-refractivity contribution < 1.29 is 27.5 Å². The Hall–Kier alpha value is -5.11. The van der Waals surface area contributed by atoms with E-state index in [4.69, 9.17) is 15.9 Å². The lowest BCUT2D eigenvalue weighted by molar-refractivity contribution is -0.141. The van der Waals surface area contributed by atoms with E-state index in [0.29, 0.717) is 16.7 Å². The predicted molar refractivity (Wildman–Crippen MR) is 136 cm³/mol. The number of ether oxygens (including phenoxy) is 1. The van der Waals surface area contributed by atoms with Crippen LogP contribution in [0.4, 0.5) is 23.7 Å². The van der Waals surface area contributed by atoms with E-state index in [0.717, 1.165) is 28.0 Å². The number of carbonyl (C=O) groups is 2. The first kappa shape index (κ1) is 26.9. The number of hydrogen-bond donors (Lipinski definition) is 2. The van der Waals surface area contributed by atoms with Crippen LogP contribution in [0.1, 0.15) is 35.2 Å². The lowest BCUT2D eigenvalue weighted by Crippen LogP contribution is -2.55. The maximum atomic E-state index is 13.6. The molecule has 2 amide bonds. The van der Waals surface area contributed by atoms with Crippen LogP contribution >= 0.6 is 0 Å². The molecule has 0 saturated heterocycles. The number of nitrogens with one attached hydrogen (secondary N) is 1. The number of hydrogen-bond acceptors (Lipinski definition) is 5. The maximum Gasteiger partial charge on any atom is 0.416 e. The second-order valence-electron chi connectivity index (χ2n) is 8.61. The van der Waals surface area contributed by atoms with Crippen LogP contribution in [0.5, 0.6) is 0 Å². The number of guanidine groups is 1. The molecule has 4 rings (SSSR count). The van der Waals surface area contributed by atoms with Crippen molar-refractivity contribution in [1.29, 1.82) is 10.7 Å². The van der Waals surface area contributed by atoms with Crippen LogP contribution in [0.2, 0.25) is 0 Å². The van der Waals surface area contributed by atoms with Gasteiger partial charge in [-0.25, -0.2) is 9.59 Å². The monoisotopic (exact) mass is 533 g/mol. The summed E-state index contributed by atoms with van der Waals surface area (Å²) in [5.41, 5.74) is 5.89. The van der Waals surface area contributed by atoms with Gasteiger partial charge in [0, 0.05) is 11.4 Å². The highest BCUT2D eigenvalue weighted by atomic mass is 19.4. The van der Waals surface area contributed by atoms with Crippen LogP contribution in [0.15, 0.2) is 90.1 Å². The third-order valence-corrected chi connectivity index (χ3v) is 6.15. The summed E-state index contributed by atoms with van der Waals surface area (Å²) in [5.74, 6) is -1.42. The number of anilines is 1. The largest absolute Gasteiger partial charge is 0.457 e. The molecule has 3 aromatic rings. The van der Waals surface area contributed by atoms with Gasteiger partial charge in [0.2, 0.25) is 5.96 Å². The summed E-state index contributed by atoms with van der Waals surface area (Å²) in [7, 11) is 0. The van der Waals surface area contributed by atoms with Gasteiger partial charge in [-0.3, -0.25) is 15.2 Å². The average molecular weight is 534 g/mol. The number of nitrogens with two attached hydrogens (primary N) is 1. The molecule has 0 bridgehead atoms. The summed E-state index contributed by atoms with van der Waals surface area (Å²) in [5, 5.41) is 18.0. The molecule has 0 radical (unpaired) electrons. The van der Waals surface area contributed by atoms with Crippen LogP contribution in [0.3, 0.4) is 0 Å². The molecule has 0 aromatic heterocycles. The first-order valence-corrected chi connectivity index (χ1v) is 11.6. The van der Waals surface area contributed by atoms with E-state index in [2.05, 4.69) is 0 Å². The predicted octanol–water partition coefficient (Wildman–Crippen LogP) is 5.47. The Kier molecular flexibility index (Phi) is 7.40. The summed E-state index contributed by atoms with van der Waals surface area (Å²) in [6.45, 7) is 1.33. The van der Waals surface area contributed by atoms with Crippen LogP contribution in [0, 0.1) is 16.7 Å². The molecular weight excluding hydrogens is 511 g/mol. The van der Waals surface area contributed by atoms with E-state index in [1.807, 2.05) is 6.07 Å². The standard InChI is InChI=1S/C28H22F3N5O3/c1-17-23(25(37)39-16-19-6-3-2-4-7-19)24(20-12-10-18(15-32)11-13-20)36(27(34)38)26(33)35(17)22-9-5-8-21(14-22)28(29,30)31/h2-14,24,33H,16H2,1H3,(H2,34,38). The topological polar surface area (TPSA) is 124 Å². The van der Waals surface area contributed by atoms with Gasteiger partial charge >= 0.3 is 18.2 Å². The van der Waals surface area contributed by atoms with Gasteiger partial charge in [-0.1, -0.05) is 48.5 Å². The molecule has 1 heterocycles. The summed E-state index contributed by atoms with van der Waals surface area (Å²) >= 11 is 0. The lowest BCUT2D eigenvalue weighted by Gasteiger charge is -2.43. The lowest BCUT2D eigenvalue weighted by atomic mass is 9.92. The van der Waals surface area contributed by atoms with Gasteiger partial charge < -0.3 is 10.5 Å². The smallest absolute Gasteiger partial charge is 0.416 e. The van der Waals surface area contributed by atoms with Crippen molar-refractivity contribution in [2.24, 2.45) is 5.73 Å². The molecule has 3 aromatic carbocycles. The number of nitriles is 1. The van der Waals surface area contributed by atoms with E-state index in [1.165, 1.54) is 37.3 Å². The highest BCUT2D eigenvalue weighted by Gasteiger charge is 2.44. The van der Waals surface area contributed by atoms with Crippen LogP contribution in [-0.2, 0) is 22.3 Å². The molecule has 0 fully saturated rings. The van der Waals surface area contributed by atoms with Gasteiger partial charge in [-0.2, -0.15) is 18.4 Å². The number of primary amides is 1. The summed E-state index contributed by atoms with van der Waals surface area (Å²) in [6.07, 6.45) is -4.67. The molecule has 11 heteroatoms. The minimum Gasteiger partial charge on any atom is -0.457 e. The van der Waals surface area contributed by atoms with Gasteiger partial charge in [-0.05, 0) is 48.4 Å². The molecule has 1 unspecified atom stereocenters. The van der Waals surface area contributed by atoms with E-state index >= 15 is 0 Å². The van der Waals surface area contributed by atoms with E-state index < -0.39 is 35.7 Å². The molecule has 0 spiro atoms. The number of carbonyl (C=O) groups excluding carboxylic acids is 2. The van der Waals surface area contributed by atoms with Crippen molar-refractivity contribution >= 4 is 23.6 Å². The minimum atomic E-state index is -4.67. The second kappa shape index (κ2) is 10.7. The third kappa shape index (κ3) is 5.45. The second-order valence-corrected chi connectivity index (χ2v) is 8.61. The van der Waals surface area contributed by atoms with Crippen molar-refractivity contribution in [1.82, 2.24) is 4.90 Å². The number of halogens is 3. The normalized spacial score (nSPS) is 15.7. The Morgan fingerprint density at radius 1 is 1.05 bits per heavy atom. The number of amides is 2. The number of benzene rings is 3. The zero-order valence-corrected chi connectivity index (χ0v) is 20.6. The summed E-state index contributed by atoms with van der Waals surface area (Å²) < 4.78 is 46.0. The van der Waals surface area contributed by atoms with Gasteiger partial charge in [0.15, 0.2) is 0 Å². The minimum absolute atomic E-state index is 0.0734. The molecular formula is C28H22F3N5O3. The first-order valence-electron chi connectivity index (χ1n) is 11.6. The third-order valence-electron chi connectivity index (χ3n) is 6.15. The SMILES string of the molecule is CC1=C(C(=O)OCc2ccccc2)C(c2ccc(C#N)cc2)N(C(N)=O)C(=N)N1c1cccc(C(F)(F)F)c1. The highest BCUT2D eigenvalue weighted by Crippen LogP contribution is 2.41. The van der Waals surface area contributed by atoms with Crippen molar-refractivity contribution in [3.8, 4) is 6.07 Å². The van der Waals surface area contributed by atoms with Gasteiger partial charge in [0.1, 0.15) is 12.6 Å². The van der Waals surface area contributed by atoms with E-state index in [9.17, 15) is 28.0 Å². The molecule has 39 heavy (non-hydrogen) atoms. The number of urea groups is 1. The number of nitrogens with zero attached hydrogens (tertiary/aromatic N) is 3. The number of allylic oxidation sites excluding steroid dienone is 1. The number of rotatable bonds is 5. The Balaban J connectivity index is 1.89. The van der Waals surface area contributed by atoms with Gasteiger partial charge in [-0.15, -0.1) is 0 Å². The summed E-state index contributed by atoms with van der Waals surface area (Å²) in [4.78, 5) is 28.1. The molecule has 8 nitrogen and oxygen atoms in total. The molecule has 1 atom stereocenters. The van der Waals surface area contributed by atoms with Crippen molar-refractivity contribution in [3.05, 3.63) is 112 Å². The zero-order valence-electron chi connectivity index (χ0n) is 20.6. The Labute approximate surface area is 221 Å². The van der Waals surface area contributed by atoms with Crippen molar-refractivity contribution in [3.63, 3.8) is 0 Å². The maximum absolute atomic E-state index is 13.6. The number of esters is 1. The Morgan fingerprint density at radius 3 is 2.31 bits per heavy atom. The first-order chi connectivity index (χ1) is 18.5. The average Bonchev–Trinajstić information content (AvgIpc) is 2.91. The molecule has 0 saturated carbocycles. The van der Waals surface area contributed by atoms with Crippen LogP contribution in [-0.4, -0.2) is 22.9 Å². The van der Waals surface area contributed by atoms with E-state index in [1.54, 1.807) is 30.3 Å². The number of alkyl halides is 3. The van der Waals surface area contributed by atoms with Crippen molar-refractivity contribution in [2.75, 3.05) is 4.90 Å². The van der Waals surface area contributed by atoms with Gasteiger partial charge in [0.05, 0.1) is 22.8 Å². The molecule has 198 valence electrons. The molecule has 3 N–H and O–H groups in total. The van der Waals surface area contributed by atoms with Gasteiger partial charge in [0.25, 0.3) is 0 Å². The van der Waals surface area contributed by atoms with Crippen molar-refractivity contribution in [2.45, 2.75) is 25.7 Å². The molecule has 0 aliphatic carbocycles. The van der Waals surface area contributed by atoms with E-state index in [-0.39, 0.29) is 23.6 Å². The zero-order chi connectivity index (χ0) is 28.3. The fourth-order valence-corrected chi connectivity index (χ4v) is 4.32. The van der Waals surface area contributed by atoms with Crippen LogP contribution < -0.4 is 10.6 Å². The quantitative estimate of drug-likeness (QED) is 0.421. The van der Waals surface area contributed by atoms with Crippen LogP contribution in [0.25, 0.3) is 0 Å². The Morgan fingerprint density at radius 2 is 1.72 bits per heavy atom. The fraction of sp³-hybridized carbons (Fsp3) is 0.143. The summed E-state index contributed by atoms with van der Waals surface area (Å²) in [6, 6.07) is 18.5.